The van der Waals surface area contributed by atoms with Gasteiger partial charge in [0.2, 0.25) is 0 Å². The van der Waals surface area contributed by atoms with Crippen molar-refractivity contribution >= 4 is 17.6 Å². The Kier molecular flexibility index (Phi) is 6.46. The van der Waals surface area contributed by atoms with E-state index in [1.165, 1.54) is 0 Å². The standard InChI is InChI=1S/C27H35N3O3/c1-6-8-9-14-29-21-15-27(4,5)16-22(31)23(21)24(19-12-10-18(3)11-13-19)30-25(29)20(17-28-30)26(32)33-7-2/h10-13,17,24H,6-9,14-16H2,1-5H3. The van der Waals surface area contributed by atoms with E-state index in [4.69, 9.17) is 4.74 Å². The van der Waals surface area contributed by atoms with Crippen LogP contribution in [-0.4, -0.2) is 34.7 Å². The Morgan fingerprint density at radius 1 is 1.15 bits per heavy atom. The molecule has 2 aliphatic rings. The maximum absolute atomic E-state index is 13.6. The lowest BCUT2D eigenvalue weighted by Gasteiger charge is -2.44. The largest absolute Gasteiger partial charge is 0.462 e. The number of unbranched alkanes of at least 4 members (excludes halogenated alkanes) is 2. The van der Waals surface area contributed by atoms with Crippen molar-refractivity contribution in [3.63, 3.8) is 0 Å². The Labute approximate surface area is 196 Å². The van der Waals surface area contributed by atoms with Crippen LogP contribution in [0.3, 0.4) is 0 Å². The quantitative estimate of drug-likeness (QED) is 0.406. The highest BCUT2D eigenvalue weighted by Crippen LogP contribution is 2.49. The first kappa shape index (κ1) is 23.3. The van der Waals surface area contributed by atoms with Gasteiger partial charge in [0.25, 0.3) is 0 Å². The fourth-order valence-corrected chi connectivity index (χ4v) is 5.09. The fraction of sp³-hybridized carbons (Fsp3) is 0.519. The molecule has 2 aromatic rings. The summed E-state index contributed by atoms with van der Waals surface area (Å²) < 4.78 is 7.25. The zero-order valence-corrected chi connectivity index (χ0v) is 20.5. The van der Waals surface area contributed by atoms with E-state index in [-0.39, 0.29) is 23.2 Å². The van der Waals surface area contributed by atoms with E-state index in [0.717, 1.165) is 60.4 Å². The van der Waals surface area contributed by atoms with Gasteiger partial charge >= 0.3 is 5.97 Å². The number of esters is 1. The summed E-state index contributed by atoms with van der Waals surface area (Å²) in [5.41, 5.74) is 4.36. The van der Waals surface area contributed by atoms with E-state index in [0.29, 0.717) is 18.6 Å². The van der Waals surface area contributed by atoms with Gasteiger partial charge < -0.3 is 9.64 Å². The molecule has 1 atom stereocenters. The van der Waals surface area contributed by atoms with Gasteiger partial charge in [-0.15, -0.1) is 0 Å². The molecule has 1 aromatic carbocycles. The van der Waals surface area contributed by atoms with Gasteiger partial charge in [0.1, 0.15) is 17.4 Å². The molecule has 6 nitrogen and oxygen atoms in total. The van der Waals surface area contributed by atoms with E-state index < -0.39 is 0 Å². The van der Waals surface area contributed by atoms with E-state index in [1.807, 2.05) is 11.6 Å². The van der Waals surface area contributed by atoms with Gasteiger partial charge in [0, 0.05) is 24.2 Å². The third-order valence-corrected chi connectivity index (χ3v) is 6.64. The van der Waals surface area contributed by atoms with Gasteiger partial charge in [0.15, 0.2) is 5.78 Å². The topological polar surface area (TPSA) is 64.4 Å². The highest BCUT2D eigenvalue weighted by Gasteiger charge is 2.45. The van der Waals surface area contributed by atoms with Crippen molar-refractivity contribution in [2.24, 2.45) is 5.41 Å². The molecule has 0 amide bonds. The average Bonchev–Trinajstić information content (AvgIpc) is 3.19. The highest BCUT2D eigenvalue weighted by atomic mass is 16.5. The van der Waals surface area contributed by atoms with Crippen LogP contribution in [0.25, 0.3) is 0 Å². The Hall–Kier alpha value is -2.89. The normalized spacial score (nSPS) is 19.4. The van der Waals surface area contributed by atoms with Crippen molar-refractivity contribution in [2.75, 3.05) is 18.1 Å². The van der Waals surface area contributed by atoms with Crippen molar-refractivity contribution in [3.8, 4) is 0 Å². The minimum absolute atomic E-state index is 0.136. The predicted molar refractivity (Wildman–Crippen MR) is 129 cm³/mol. The highest BCUT2D eigenvalue weighted by molar-refractivity contribution is 6.02. The number of ketones is 1. The lowest BCUT2D eigenvalue weighted by Crippen LogP contribution is -2.43. The zero-order chi connectivity index (χ0) is 23.8. The molecule has 1 unspecified atom stereocenters. The van der Waals surface area contributed by atoms with Gasteiger partial charge in [0.05, 0.1) is 12.8 Å². The predicted octanol–water partition coefficient (Wildman–Crippen LogP) is 5.61. The summed E-state index contributed by atoms with van der Waals surface area (Å²) in [4.78, 5) is 28.7. The number of rotatable bonds is 7. The molecular weight excluding hydrogens is 414 g/mol. The number of carbonyl (C=O) groups excluding carboxylic acids is 2. The van der Waals surface area contributed by atoms with Crippen LogP contribution >= 0.6 is 0 Å². The van der Waals surface area contributed by atoms with Crippen LogP contribution in [0.5, 0.6) is 0 Å². The number of hydrogen-bond donors (Lipinski definition) is 0. The number of aryl methyl sites for hydroxylation is 1. The molecule has 1 aromatic heterocycles. The number of carbonyl (C=O) groups is 2. The first-order valence-corrected chi connectivity index (χ1v) is 12.1. The Bertz CT molecular complexity index is 1080. The van der Waals surface area contributed by atoms with Crippen LogP contribution < -0.4 is 4.90 Å². The summed E-state index contributed by atoms with van der Waals surface area (Å²) in [6.45, 7) is 11.4. The average molecular weight is 450 g/mol. The molecule has 0 bridgehead atoms. The van der Waals surface area contributed by atoms with Crippen LogP contribution in [0.2, 0.25) is 0 Å². The van der Waals surface area contributed by atoms with Crippen LogP contribution in [-0.2, 0) is 9.53 Å². The van der Waals surface area contributed by atoms with Gasteiger partial charge in [-0.3, -0.25) is 4.79 Å². The molecule has 0 saturated heterocycles. The summed E-state index contributed by atoms with van der Waals surface area (Å²) >= 11 is 0. The smallest absolute Gasteiger partial charge is 0.343 e. The van der Waals surface area contributed by atoms with E-state index >= 15 is 0 Å². The molecule has 6 heteroatoms. The first-order chi connectivity index (χ1) is 15.8. The summed E-state index contributed by atoms with van der Waals surface area (Å²) in [7, 11) is 0. The molecule has 0 radical (unpaired) electrons. The summed E-state index contributed by atoms with van der Waals surface area (Å²) in [5, 5.41) is 4.67. The minimum Gasteiger partial charge on any atom is -0.462 e. The van der Waals surface area contributed by atoms with Crippen LogP contribution in [0, 0.1) is 12.3 Å². The molecule has 1 aliphatic heterocycles. The Morgan fingerprint density at radius 2 is 1.88 bits per heavy atom. The van der Waals surface area contributed by atoms with Crippen LogP contribution in [0.15, 0.2) is 41.7 Å². The lowest BCUT2D eigenvalue weighted by atomic mass is 9.72. The SMILES string of the molecule is CCCCCN1C2=C(C(=O)CC(C)(C)C2)C(c2ccc(C)cc2)n2ncc(C(=O)OCC)c21. The van der Waals surface area contributed by atoms with Crippen molar-refractivity contribution in [1.82, 2.24) is 9.78 Å². The second kappa shape index (κ2) is 9.16. The molecule has 0 saturated carbocycles. The van der Waals surface area contributed by atoms with Crippen molar-refractivity contribution in [2.45, 2.75) is 72.8 Å². The molecular formula is C27H35N3O3. The number of nitrogens with zero attached hydrogens (tertiary/aromatic N) is 3. The molecule has 0 N–H and O–H groups in total. The van der Waals surface area contributed by atoms with Gasteiger partial charge in [-0.05, 0) is 37.7 Å². The number of anilines is 1. The monoisotopic (exact) mass is 449 g/mol. The molecule has 176 valence electrons. The fourth-order valence-electron chi connectivity index (χ4n) is 5.09. The third kappa shape index (κ3) is 4.35. The lowest BCUT2D eigenvalue weighted by molar-refractivity contribution is -0.118. The second-order valence-corrected chi connectivity index (χ2v) is 10.0. The van der Waals surface area contributed by atoms with E-state index in [2.05, 4.69) is 62.0 Å². The number of ether oxygens (including phenoxy) is 1. The first-order valence-electron chi connectivity index (χ1n) is 12.1. The molecule has 0 fully saturated rings. The number of Topliss-reactive ketones (excluding diaryl/α,β-unsaturated/α-hetero) is 1. The molecule has 1 aliphatic carbocycles. The number of benzene rings is 1. The summed E-state index contributed by atoms with van der Waals surface area (Å²) in [6.07, 6.45) is 6.06. The van der Waals surface area contributed by atoms with Crippen LogP contribution in [0.4, 0.5) is 5.82 Å². The maximum atomic E-state index is 13.6. The molecule has 33 heavy (non-hydrogen) atoms. The van der Waals surface area contributed by atoms with Crippen molar-refractivity contribution in [1.29, 1.82) is 0 Å². The van der Waals surface area contributed by atoms with Gasteiger partial charge in [-0.2, -0.15) is 5.10 Å². The van der Waals surface area contributed by atoms with Gasteiger partial charge in [-0.1, -0.05) is 63.4 Å². The second-order valence-electron chi connectivity index (χ2n) is 10.0. The number of aromatic nitrogens is 2. The summed E-state index contributed by atoms with van der Waals surface area (Å²) in [6, 6.07) is 7.93. The Balaban J connectivity index is 1.94. The zero-order valence-electron chi connectivity index (χ0n) is 20.5. The van der Waals surface area contributed by atoms with Crippen molar-refractivity contribution in [3.05, 3.63) is 58.4 Å². The molecule has 4 rings (SSSR count). The third-order valence-electron chi connectivity index (χ3n) is 6.64. The van der Waals surface area contributed by atoms with E-state index in [1.54, 1.807) is 6.20 Å². The number of allylic oxidation sites excluding steroid dienone is 2. The molecule has 2 heterocycles. The van der Waals surface area contributed by atoms with Crippen LogP contribution in [0.1, 0.15) is 87.3 Å². The van der Waals surface area contributed by atoms with Crippen molar-refractivity contribution < 1.29 is 14.3 Å². The number of fused-ring (bicyclic) bond motifs is 1. The summed E-state index contributed by atoms with van der Waals surface area (Å²) in [5.74, 6) is 0.554. The minimum atomic E-state index is -0.368. The number of hydrogen-bond acceptors (Lipinski definition) is 5. The maximum Gasteiger partial charge on any atom is 0.343 e. The van der Waals surface area contributed by atoms with E-state index in [9.17, 15) is 9.59 Å². The Morgan fingerprint density at radius 3 is 2.55 bits per heavy atom. The van der Waals surface area contributed by atoms with Gasteiger partial charge in [-0.25, -0.2) is 9.48 Å². The molecule has 0 spiro atoms.